The molecule has 4 heteroatoms. The van der Waals surface area contributed by atoms with Crippen LogP contribution in [-0.2, 0) is 17.6 Å². The van der Waals surface area contributed by atoms with Gasteiger partial charge in [-0.15, -0.1) is 0 Å². The van der Waals surface area contributed by atoms with Gasteiger partial charge in [0.2, 0.25) is 0 Å². The highest BCUT2D eigenvalue weighted by Crippen LogP contribution is 2.08. The van der Waals surface area contributed by atoms with Crippen LogP contribution in [0, 0.1) is 0 Å². The second kappa shape index (κ2) is 12.3. The quantitative estimate of drug-likeness (QED) is 0.482. The van der Waals surface area contributed by atoms with Gasteiger partial charge in [0.05, 0.1) is 19.6 Å². The van der Waals surface area contributed by atoms with Gasteiger partial charge < -0.3 is 14.1 Å². The number of likely N-dealkylation sites (N-methyl/N-ethyl adjacent to an activating group) is 1. The fraction of sp³-hybridized carbons (Fsp3) is 0.480. The van der Waals surface area contributed by atoms with Crippen LogP contribution in [0.1, 0.15) is 31.9 Å². The molecule has 0 bridgehead atoms. The van der Waals surface area contributed by atoms with Crippen molar-refractivity contribution in [3.05, 3.63) is 71.8 Å². The molecule has 0 saturated carbocycles. The molecule has 4 nitrogen and oxygen atoms in total. The van der Waals surface area contributed by atoms with E-state index in [0.717, 1.165) is 43.5 Å². The zero-order valence-corrected chi connectivity index (χ0v) is 18.3. The van der Waals surface area contributed by atoms with E-state index in [9.17, 15) is 4.79 Å². The van der Waals surface area contributed by atoms with E-state index in [0.29, 0.717) is 19.7 Å². The molecule has 0 heterocycles. The number of hydrogen-bond donors (Lipinski definition) is 0. The Labute approximate surface area is 176 Å². The maximum atomic E-state index is 12.8. The highest BCUT2D eigenvalue weighted by atomic mass is 16.6. The monoisotopic (exact) mass is 397 g/mol. The summed E-state index contributed by atoms with van der Waals surface area (Å²) >= 11 is 0. The molecule has 0 spiro atoms. The predicted octanol–water partition coefficient (Wildman–Crippen LogP) is 4.79. The summed E-state index contributed by atoms with van der Waals surface area (Å²) in [6, 6.07) is 20.6. The van der Waals surface area contributed by atoms with E-state index >= 15 is 0 Å². The number of benzene rings is 2. The summed E-state index contributed by atoms with van der Waals surface area (Å²) in [6.07, 6.45) is 1.48. The van der Waals surface area contributed by atoms with Crippen LogP contribution < -0.4 is 0 Å². The number of ether oxygens (including phenoxy) is 1. The summed E-state index contributed by atoms with van der Waals surface area (Å²) in [6.45, 7) is 12.5. The molecule has 0 aliphatic carbocycles. The molecule has 2 aromatic rings. The zero-order chi connectivity index (χ0) is 21.0. The van der Waals surface area contributed by atoms with Gasteiger partial charge in [-0.25, -0.2) is 4.79 Å². The van der Waals surface area contributed by atoms with Crippen molar-refractivity contribution in [3.63, 3.8) is 0 Å². The second-order valence-corrected chi connectivity index (χ2v) is 7.59. The fourth-order valence-corrected chi connectivity index (χ4v) is 3.67. The van der Waals surface area contributed by atoms with Crippen molar-refractivity contribution in [1.82, 2.24) is 4.90 Å². The van der Waals surface area contributed by atoms with E-state index in [4.69, 9.17) is 4.74 Å². The molecule has 0 saturated heterocycles. The predicted molar refractivity (Wildman–Crippen MR) is 120 cm³/mol. The Morgan fingerprint density at radius 2 is 1.24 bits per heavy atom. The van der Waals surface area contributed by atoms with Crippen LogP contribution in [-0.4, -0.2) is 61.4 Å². The normalized spacial score (nSPS) is 11.3. The Morgan fingerprint density at radius 3 is 1.66 bits per heavy atom. The third kappa shape index (κ3) is 7.54. The molecule has 0 radical (unpaired) electrons. The van der Waals surface area contributed by atoms with Crippen molar-refractivity contribution in [2.75, 3.05) is 45.9 Å². The largest absolute Gasteiger partial charge is 0.443 e. The van der Waals surface area contributed by atoms with Crippen molar-refractivity contribution in [2.24, 2.45) is 0 Å². The first-order valence-electron chi connectivity index (χ1n) is 11.0. The first kappa shape index (κ1) is 23.0. The summed E-state index contributed by atoms with van der Waals surface area (Å²) in [5.41, 5.74) is 2.48. The van der Waals surface area contributed by atoms with Gasteiger partial charge in [0, 0.05) is 13.1 Å². The third-order valence-corrected chi connectivity index (χ3v) is 6.09. The average molecular weight is 398 g/mol. The van der Waals surface area contributed by atoms with Crippen LogP contribution in [0.3, 0.4) is 0 Å². The van der Waals surface area contributed by atoms with Crippen LogP contribution >= 0.6 is 0 Å². The number of carbonyl (C=O) groups is 1. The van der Waals surface area contributed by atoms with Crippen molar-refractivity contribution in [2.45, 2.75) is 33.6 Å². The minimum atomic E-state index is -0.196. The van der Waals surface area contributed by atoms with E-state index in [1.165, 1.54) is 11.1 Å². The second-order valence-electron chi connectivity index (χ2n) is 7.59. The Balaban J connectivity index is 1.93. The lowest BCUT2D eigenvalue weighted by Gasteiger charge is -2.35. The van der Waals surface area contributed by atoms with Gasteiger partial charge in [0.1, 0.15) is 13.2 Å². The molecule has 0 aliphatic heterocycles. The van der Waals surface area contributed by atoms with Gasteiger partial charge in [0.25, 0.3) is 0 Å². The molecule has 158 valence electrons. The molecule has 1 amide bonds. The van der Waals surface area contributed by atoms with Crippen molar-refractivity contribution in [3.8, 4) is 0 Å². The van der Waals surface area contributed by atoms with Crippen LogP contribution in [0.2, 0.25) is 0 Å². The first-order chi connectivity index (χ1) is 14.1. The summed E-state index contributed by atoms with van der Waals surface area (Å²) in [7, 11) is 0. The van der Waals surface area contributed by atoms with Crippen LogP contribution in [0.5, 0.6) is 0 Å². The fourth-order valence-electron chi connectivity index (χ4n) is 3.67. The number of carbonyl (C=O) groups excluding carboxylic acids is 1. The molecule has 2 aromatic carbocycles. The topological polar surface area (TPSA) is 29.5 Å². The number of nitrogens with zero attached hydrogens (tertiary/aromatic N) is 2. The molecule has 0 aromatic heterocycles. The molecular formula is C25H37N2O2+. The smallest absolute Gasteiger partial charge is 0.409 e. The Morgan fingerprint density at radius 1 is 0.793 bits per heavy atom. The standard InChI is InChI=1S/C25H37N2O2/c1-4-27(5-2,6-3)21-22-29-25(28)26(19-17-23-13-9-7-10-14-23)20-18-24-15-11-8-12-16-24/h7-16H,4-6,17-22H2,1-3H3/q+1. The van der Waals surface area contributed by atoms with Gasteiger partial charge in [-0.3, -0.25) is 0 Å². The van der Waals surface area contributed by atoms with E-state index in [1.807, 2.05) is 41.3 Å². The van der Waals surface area contributed by atoms with E-state index in [2.05, 4.69) is 45.0 Å². The molecule has 0 fully saturated rings. The van der Waals surface area contributed by atoms with Crippen molar-refractivity contribution < 1.29 is 14.0 Å². The van der Waals surface area contributed by atoms with E-state index in [1.54, 1.807) is 0 Å². The van der Waals surface area contributed by atoms with Crippen LogP contribution in [0.15, 0.2) is 60.7 Å². The molecule has 0 aliphatic rings. The average Bonchev–Trinajstić information content (AvgIpc) is 2.78. The van der Waals surface area contributed by atoms with Gasteiger partial charge in [-0.1, -0.05) is 60.7 Å². The number of amides is 1. The minimum Gasteiger partial charge on any atom is -0.443 e. The molecule has 0 N–H and O–H groups in total. The van der Waals surface area contributed by atoms with E-state index < -0.39 is 0 Å². The first-order valence-corrected chi connectivity index (χ1v) is 11.0. The number of rotatable bonds is 12. The van der Waals surface area contributed by atoms with Crippen molar-refractivity contribution >= 4 is 6.09 Å². The van der Waals surface area contributed by atoms with Crippen molar-refractivity contribution in [1.29, 1.82) is 0 Å². The Bertz CT molecular complexity index is 648. The summed E-state index contributed by atoms with van der Waals surface area (Å²) in [4.78, 5) is 14.7. The minimum absolute atomic E-state index is 0.196. The molecule has 29 heavy (non-hydrogen) atoms. The summed E-state index contributed by atoms with van der Waals surface area (Å²) in [5.74, 6) is 0. The molecular weight excluding hydrogens is 360 g/mol. The van der Waals surface area contributed by atoms with Gasteiger partial charge in [0.15, 0.2) is 0 Å². The van der Waals surface area contributed by atoms with Crippen LogP contribution in [0.4, 0.5) is 4.79 Å². The summed E-state index contributed by atoms with van der Waals surface area (Å²) in [5, 5.41) is 0. The molecule has 0 atom stereocenters. The lowest BCUT2D eigenvalue weighted by molar-refractivity contribution is -0.923. The highest BCUT2D eigenvalue weighted by molar-refractivity contribution is 5.67. The molecule has 0 unspecified atom stereocenters. The number of hydrogen-bond acceptors (Lipinski definition) is 2. The maximum Gasteiger partial charge on any atom is 0.409 e. The summed E-state index contributed by atoms with van der Waals surface area (Å²) < 4.78 is 6.70. The van der Waals surface area contributed by atoms with Gasteiger partial charge >= 0.3 is 6.09 Å². The van der Waals surface area contributed by atoms with E-state index in [-0.39, 0.29) is 6.09 Å². The third-order valence-electron chi connectivity index (χ3n) is 6.09. The number of quaternary nitrogens is 1. The Kier molecular flexibility index (Phi) is 9.72. The highest BCUT2D eigenvalue weighted by Gasteiger charge is 2.22. The molecule has 2 rings (SSSR count). The van der Waals surface area contributed by atoms with Crippen LogP contribution in [0.25, 0.3) is 0 Å². The van der Waals surface area contributed by atoms with Gasteiger partial charge in [-0.05, 0) is 44.7 Å². The lowest BCUT2D eigenvalue weighted by atomic mass is 10.1. The lowest BCUT2D eigenvalue weighted by Crippen LogP contribution is -2.50. The maximum absolute atomic E-state index is 12.8. The Hall–Kier alpha value is -2.33. The SMILES string of the molecule is CC[N+](CC)(CC)CCOC(=O)N(CCc1ccccc1)CCc1ccccc1. The van der Waals surface area contributed by atoms with Gasteiger partial charge in [-0.2, -0.15) is 0 Å². The zero-order valence-electron chi connectivity index (χ0n) is 18.3.